The van der Waals surface area contributed by atoms with Gasteiger partial charge in [0.25, 0.3) is 5.91 Å². The highest BCUT2D eigenvalue weighted by atomic mass is 16.1. The molecule has 2 aliphatic heterocycles. The second-order valence-corrected chi connectivity index (χ2v) is 6.21. The van der Waals surface area contributed by atoms with E-state index in [-0.39, 0.29) is 17.7 Å². The molecule has 1 saturated carbocycles. The maximum Gasteiger partial charge on any atom is 0.267 e. The number of H-pyrrole nitrogens is 1. The van der Waals surface area contributed by atoms with E-state index in [1.54, 1.807) is 0 Å². The number of hydrogen-bond acceptors (Lipinski definition) is 3. The Bertz CT molecular complexity index is 664. The first-order valence-electron chi connectivity index (χ1n) is 7.98. The van der Waals surface area contributed by atoms with Crippen molar-refractivity contribution in [2.45, 2.75) is 37.6 Å². The highest BCUT2D eigenvalue weighted by molar-refractivity contribution is 5.94. The molecule has 5 nitrogen and oxygen atoms in total. The molecule has 1 aromatic heterocycles. The molecule has 0 spiro atoms. The molecule has 0 radical (unpaired) electrons. The highest BCUT2D eigenvalue weighted by Crippen LogP contribution is 2.33. The Labute approximate surface area is 129 Å². The topological polar surface area (TPSA) is 69.3 Å². The van der Waals surface area contributed by atoms with E-state index in [9.17, 15) is 4.79 Å². The number of aromatic nitrogens is 1. The largest absolute Gasteiger partial charge is 0.357 e. The fourth-order valence-corrected chi connectivity index (χ4v) is 3.56. The van der Waals surface area contributed by atoms with E-state index in [0.717, 1.165) is 24.2 Å². The molecule has 5 heteroatoms. The van der Waals surface area contributed by atoms with Gasteiger partial charge in [0.15, 0.2) is 0 Å². The Hall–Kier alpha value is -2.30. The van der Waals surface area contributed by atoms with Crippen molar-refractivity contribution in [1.29, 1.82) is 0 Å². The quantitative estimate of drug-likeness (QED) is 0.802. The van der Waals surface area contributed by atoms with Crippen LogP contribution in [0.1, 0.15) is 47.7 Å². The zero-order valence-corrected chi connectivity index (χ0v) is 12.4. The van der Waals surface area contributed by atoms with Crippen molar-refractivity contribution in [3.05, 3.63) is 48.1 Å². The lowest BCUT2D eigenvalue weighted by Gasteiger charge is -2.21. The zero-order chi connectivity index (χ0) is 14.9. The number of nitrogens with one attached hydrogen (secondary N) is 3. The van der Waals surface area contributed by atoms with Gasteiger partial charge in [-0.3, -0.25) is 4.79 Å². The number of amides is 1. The summed E-state index contributed by atoms with van der Waals surface area (Å²) < 4.78 is 0. The first kappa shape index (κ1) is 13.4. The minimum Gasteiger partial charge on any atom is -0.357 e. The molecule has 1 aliphatic carbocycles. The van der Waals surface area contributed by atoms with Crippen LogP contribution in [0.25, 0.3) is 0 Å². The molecule has 4 rings (SSSR count). The van der Waals surface area contributed by atoms with Crippen LogP contribution in [0.2, 0.25) is 0 Å². The number of amidine groups is 1. The monoisotopic (exact) mass is 296 g/mol. The average Bonchev–Trinajstić information content (AvgIpc) is 3.27. The summed E-state index contributed by atoms with van der Waals surface area (Å²) in [6, 6.07) is 2.31. The van der Waals surface area contributed by atoms with Crippen molar-refractivity contribution in [1.82, 2.24) is 15.6 Å². The van der Waals surface area contributed by atoms with E-state index in [0.29, 0.717) is 11.7 Å². The summed E-state index contributed by atoms with van der Waals surface area (Å²) in [6.07, 6.45) is 14.6. The van der Waals surface area contributed by atoms with Crippen molar-refractivity contribution in [3.63, 3.8) is 0 Å². The van der Waals surface area contributed by atoms with E-state index in [1.165, 1.54) is 12.8 Å². The normalized spacial score (nSPS) is 26.6. The number of fused-ring (bicyclic) bond motifs is 1. The van der Waals surface area contributed by atoms with Crippen molar-refractivity contribution >= 4 is 11.7 Å². The molecule has 0 aromatic carbocycles. The van der Waals surface area contributed by atoms with Gasteiger partial charge in [-0.1, -0.05) is 25.0 Å². The van der Waals surface area contributed by atoms with E-state index in [1.807, 2.05) is 24.7 Å². The molecule has 0 bridgehead atoms. The van der Waals surface area contributed by atoms with Gasteiger partial charge in [0.05, 0.1) is 0 Å². The lowest BCUT2D eigenvalue weighted by molar-refractivity contribution is 0.0933. The van der Waals surface area contributed by atoms with Gasteiger partial charge in [-0.05, 0) is 30.7 Å². The molecule has 1 aromatic rings. The Morgan fingerprint density at radius 2 is 2.09 bits per heavy atom. The third kappa shape index (κ3) is 2.36. The molecule has 2 unspecified atom stereocenters. The summed E-state index contributed by atoms with van der Waals surface area (Å²) in [5.74, 6) is 1.45. The summed E-state index contributed by atoms with van der Waals surface area (Å²) >= 11 is 0. The van der Waals surface area contributed by atoms with Crippen LogP contribution in [0.4, 0.5) is 0 Å². The summed E-state index contributed by atoms with van der Waals surface area (Å²) in [4.78, 5) is 19.8. The van der Waals surface area contributed by atoms with Crippen molar-refractivity contribution in [2.24, 2.45) is 10.9 Å². The molecule has 1 amide bonds. The third-order valence-electron chi connectivity index (χ3n) is 4.77. The average molecular weight is 296 g/mol. The molecule has 0 saturated heterocycles. The first-order chi connectivity index (χ1) is 10.8. The van der Waals surface area contributed by atoms with Crippen LogP contribution < -0.4 is 10.6 Å². The summed E-state index contributed by atoms with van der Waals surface area (Å²) in [5.41, 5.74) is 1.77. The number of aromatic amines is 1. The molecule has 3 aliphatic rings. The maximum atomic E-state index is 12.3. The lowest BCUT2D eigenvalue weighted by atomic mass is 9.86. The molecule has 2 atom stereocenters. The predicted octanol–water partition coefficient (Wildman–Crippen LogP) is 2.43. The predicted molar refractivity (Wildman–Crippen MR) is 85.6 cm³/mol. The van der Waals surface area contributed by atoms with E-state index in [2.05, 4.69) is 32.8 Å². The van der Waals surface area contributed by atoms with E-state index < -0.39 is 0 Å². The molecule has 1 fully saturated rings. The van der Waals surface area contributed by atoms with E-state index in [4.69, 9.17) is 0 Å². The number of carbonyl (C=O) groups excluding carboxylic acids is 1. The first-order valence-corrected chi connectivity index (χ1v) is 7.98. The number of rotatable bonds is 3. The van der Waals surface area contributed by atoms with Crippen molar-refractivity contribution in [2.75, 3.05) is 0 Å². The van der Waals surface area contributed by atoms with Gasteiger partial charge < -0.3 is 15.6 Å². The van der Waals surface area contributed by atoms with Crippen LogP contribution in [0.3, 0.4) is 0 Å². The number of aliphatic imine (C=N–C) groups is 1. The van der Waals surface area contributed by atoms with Crippen LogP contribution in [0.15, 0.2) is 41.8 Å². The van der Waals surface area contributed by atoms with Gasteiger partial charge in [-0.15, -0.1) is 0 Å². The van der Waals surface area contributed by atoms with Crippen LogP contribution in [0, 0.1) is 5.92 Å². The van der Waals surface area contributed by atoms with Gasteiger partial charge in [0, 0.05) is 30.3 Å². The maximum absolute atomic E-state index is 12.3. The number of nitrogens with zero attached hydrogens (tertiary/aromatic N) is 1. The Morgan fingerprint density at radius 1 is 1.23 bits per heavy atom. The standard InChI is InChI=1S/C17H20N4O/c22-17(21-12-3-1-2-4-12)15-9-11(10-20-15)13-5-7-18-16-14(13)6-8-19-16/h5-10,12-14,20H,1-4H2,(H,18,19)(H,21,22). The zero-order valence-electron chi connectivity index (χ0n) is 12.4. The Kier molecular flexibility index (Phi) is 3.33. The summed E-state index contributed by atoms with van der Waals surface area (Å²) in [5, 5.41) is 6.28. The molecule has 22 heavy (non-hydrogen) atoms. The molecule has 114 valence electrons. The molecular weight excluding hydrogens is 276 g/mol. The summed E-state index contributed by atoms with van der Waals surface area (Å²) in [7, 11) is 0. The van der Waals surface area contributed by atoms with Gasteiger partial charge >= 0.3 is 0 Å². The number of allylic oxidation sites excluding steroid dienone is 1. The van der Waals surface area contributed by atoms with Crippen molar-refractivity contribution in [3.8, 4) is 0 Å². The minimum absolute atomic E-state index is 0.00641. The summed E-state index contributed by atoms with van der Waals surface area (Å²) in [6.45, 7) is 0. The highest BCUT2D eigenvalue weighted by Gasteiger charge is 2.29. The van der Waals surface area contributed by atoms with Gasteiger partial charge in [-0.25, -0.2) is 4.99 Å². The number of hydrogen-bond donors (Lipinski definition) is 3. The third-order valence-corrected chi connectivity index (χ3v) is 4.77. The van der Waals surface area contributed by atoms with Gasteiger partial charge in [-0.2, -0.15) is 0 Å². The number of carbonyl (C=O) groups is 1. The van der Waals surface area contributed by atoms with Crippen LogP contribution in [-0.4, -0.2) is 22.8 Å². The SMILES string of the molecule is O=C(NC1CCCC1)c1cc(C2C=CN=C3NC=CC32)c[nH]1. The lowest BCUT2D eigenvalue weighted by Crippen LogP contribution is -2.32. The minimum atomic E-state index is 0.00641. The van der Waals surface area contributed by atoms with Gasteiger partial charge in [0.2, 0.25) is 0 Å². The molecule has 3 N–H and O–H groups in total. The Balaban J connectivity index is 1.49. The van der Waals surface area contributed by atoms with Crippen LogP contribution in [-0.2, 0) is 0 Å². The van der Waals surface area contributed by atoms with Gasteiger partial charge in [0.1, 0.15) is 11.5 Å². The van der Waals surface area contributed by atoms with E-state index >= 15 is 0 Å². The van der Waals surface area contributed by atoms with Crippen LogP contribution >= 0.6 is 0 Å². The smallest absolute Gasteiger partial charge is 0.267 e. The second kappa shape index (κ2) is 5.48. The Morgan fingerprint density at radius 3 is 2.95 bits per heavy atom. The fraction of sp³-hybridized carbons (Fsp3) is 0.412. The molecule has 3 heterocycles. The van der Waals surface area contributed by atoms with Crippen LogP contribution in [0.5, 0.6) is 0 Å². The second-order valence-electron chi connectivity index (χ2n) is 6.21. The molecular formula is C17H20N4O. The van der Waals surface area contributed by atoms with Crippen molar-refractivity contribution < 1.29 is 4.79 Å². The fourth-order valence-electron chi connectivity index (χ4n) is 3.56.